The van der Waals surface area contributed by atoms with Crippen molar-refractivity contribution in [3.05, 3.63) is 0 Å². The SMILES string of the molecule is CCO/C(C)=N/N(C)[C@H](C)CO. The first-order valence-corrected chi connectivity index (χ1v) is 4.13. The molecule has 72 valence electrons. The second kappa shape index (κ2) is 5.83. The fraction of sp³-hybridized carbons (Fsp3) is 0.875. The molecule has 0 fully saturated rings. The van der Waals surface area contributed by atoms with Crippen LogP contribution in [-0.4, -0.2) is 42.3 Å². The third-order valence-electron chi connectivity index (χ3n) is 1.55. The van der Waals surface area contributed by atoms with Gasteiger partial charge in [-0.05, 0) is 13.8 Å². The molecule has 0 saturated carbocycles. The molecule has 0 heterocycles. The van der Waals surface area contributed by atoms with Gasteiger partial charge in [-0.2, -0.15) is 0 Å². The first kappa shape index (κ1) is 11.2. The average Bonchev–Trinajstić information content (AvgIpc) is 2.03. The number of hydrogen-bond acceptors (Lipinski definition) is 4. The molecule has 12 heavy (non-hydrogen) atoms. The number of aliphatic hydroxyl groups excluding tert-OH is 1. The predicted molar refractivity (Wildman–Crippen MR) is 49.0 cm³/mol. The molecule has 4 heteroatoms. The van der Waals surface area contributed by atoms with Crippen LogP contribution in [0, 0.1) is 0 Å². The van der Waals surface area contributed by atoms with Crippen molar-refractivity contribution < 1.29 is 9.84 Å². The zero-order valence-electron chi connectivity index (χ0n) is 8.24. The van der Waals surface area contributed by atoms with Crippen molar-refractivity contribution in [3.63, 3.8) is 0 Å². The van der Waals surface area contributed by atoms with Gasteiger partial charge < -0.3 is 9.84 Å². The van der Waals surface area contributed by atoms with Gasteiger partial charge in [0.05, 0.1) is 19.3 Å². The summed E-state index contributed by atoms with van der Waals surface area (Å²) >= 11 is 0. The summed E-state index contributed by atoms with van der Waals surface area (Å²) in [6, 6.07) is 0.0282. The number of hydrogen-bond donors (Lipinski definition) is 1. The smallest absolute Gasteiger partial charge is 0.202 e. The largest absolute Gasteiger partial charge is 0.480 e. The Kier molecular flexibility index (Phi) is 5.45. The minimum Gasteiger partial charge on any atom is -0.480 e. The maximum Gasteiger partial charge on any atom is 0.202 e. The van der Waals surface area contributed by atoms with Crippen LogP contribution in [0.4, 0.5) is 0 Å². The average molecular weight is 174 g/mol. The molecule has 0 spiro atoms. The Bertz CT molecular complexity index is 148. The topological polar surface area (TPSA) is 45.1 Å². The van der Waals surface area contributed by atoms with Crippen molar-refractivity contribution in [1.29, 1.82) is 0 Å². The normalized spacial score (nSPS) is 14.2. The molecule has 0 aromatic heterocycles. The van der Waals surface area contributed by atoms with E-state index in [2.05, 4.69) is 5.10 Å². The van der Waals surface area contributed by atoms with Crippen molar-refractivity contribution in [1.82, 2.24) is 5.01 Å². The summed E-state index contributed by atoms with van der Waals surface area (Å²) in [7, 11) is 1.81. The van der Waals surface area contributed by atoms with Crippen LogP contribution < -0.4 is 0 Å². The highest BCUT2D eigenvalue weighted by atomic mass is 16.5. The van der Waals surface area contributed by atoms with Crippen LogP contribution in [0.2, 0.25) is 0 Å². The number of likely N-dealkylation sites (N-methyl/N-ethyl adjacent to an activating group) is 1. The van der Waals surface area contributed by atoms with Gasteiger partial charge in [0, 0.05) is 14.0 Å². The van der Waals surface area contributed by atoms with Crippen LogP contribution in [0.3, 0.4) is 0 Å². The molecule has 0 unspecified atom stereocenters. The highest BCUT2D eigenvalue weighted by Gasteiger charge is 2.04. The van der Waals surface area contributed by atoms with Gasteiger partial charge in [-0.3, -0.25) is 5.01 Å². The van der Waals surface area contributed by atoms with E-state index < -0.39 is 0 Å². The lowest BCUT2D eigenvalue weighted by Crippen LogP contribution is -2.28. The van der Waals surface area contributed by atoms with Gasteiger partial charge in [0.1, 0.15) is 0 Å². The van der Waals surface area contributed by atoms with Crippen LogP contribution in [-0.2, 0) is 4.74 Å². The molecule has 0 saturated heterocycles. The highest BCUT2D eigenvalue weighted by Crippen LogP contribution is 1.95. The van der Waals surface area contributed by atoms with E-state index in [0.29, 0.717) is 12.5 Å². The molecular formula is C8H18N2O2. The van der Waals surface area contributed by atoms with E-state index in [9.17, 15) is 0 Å². The van der Waals surface area contributed by atoms with Gasteiger partial charge in [-0.1, -0.05) is 0 Å². The number of rotatable bonds is 4. The summed E-state index contributed by atoms with van der Waals surface area (Å²) in [5.41, 5.74) is 0. The van der Waals surface area contributed by atoms with Gasteiger partial charge >= 0.3 is 0 Å². The minimum absolute atomic E-state index is 0.0282. The molecule has 0 amide bonds. The van der Waals surface area contributed by atoms with E-state index in [0.717, 1.165) is 0 Å². The van der Waals surface area contributed by atoms with Crippen LogP contribution in [0.25, 0.3) is 0 Å². The van der Waals surface area contributed by atoms with Gasteiger partial charge in [0.2, 0.25) is 5.90 Å². The van der Waals surface area contributed by atoms with Gasteiger partial charge in [-0.25, -0.2) is 0 Å². The molecule has 4 nitrogen and oxygen atoms in total. The molecule has 0 bridgehead atoms. The second-order valence-electron chi connectivity index (χ2n) is 2.66. The Morgan fingerprint density at radius 2 is 2.25 bits per heavy atom. The standard InChI is InChI=1S/C8H18N2O2/c1-5-12-8(3)9-10(4)7(2)6-11/h7,11H,5-6H2,1-4H3/b9-8+/t7-/m1/s1. The summed E-state index contributed by atoms with van der Waals surface area (Å²) in [6.07, 6.45) is 0. The Labute approximate surface area is 73.8 Å². The van der Waals surface area contributed by atoms with Crippen molar-refractivity contribution in [2.45, 2.75) is 26.8 Å². The predicted octanol–water partition coefficient (Wildman–Crippen LogP) is 0.669. The number of hydrazone groups is 1. The van der Waals surface area contributed by atoms with Crippen LogP contribution >= 0.6 is 0 Å². The lowest BCUT2D eigenvalue weighted by atomic mass is 10.4. The molecule has 0 aliphatic heterocycles. The third-order valence-corrected chi connectivity index (χ3v) is 1.55. The fourth-order valence-electron chi connectivity index (χ4n) is 0.677. The van der Waals surface area contributed by atoms with Crippen molar-refractivity contribution >= 4 is 5.90 Å². The molecule has 0 rings (SSSR count). The quantitative estimate of drug-likeness (QED) is 0.387. The number of nitrogens with zero attached hydrogens (tertiary/aromatic N) is 2. The Balaban J connectivity index is 3.94. The maximum atomic E-state index is 8.80. The first-order valence-electron chi connectivity index (χ1n) is 4.13. The minimum atomic E-state index is 0.0282. The Morgan fingerprint density at radius 3 is 2.67 bits per heavy atom. The van der Waals surface area contributed by atoms with E-state index in [4.69, 9.17) is 9.84 Å². The van der Waals surface area contributed by atoms with Crippen molar-refractivity contribution in [2.24, 2.45) is 5.10 Å². The van der Waals surface area contributed by atoms with Gasteiger partial charge in [0.25, 0.3) is 0 Å². The first-order chi connectivity index (χ1) is 5.61. The molecule has 0 radical (unpaired) electrons. The molecule has 0 aliphatic carbocycles. The van der Waals surface area contributed by atoms with Crippen LogP contribution in [0.1, 0.15) is 20.8 Å². The number of ether oxygens (including phenoxy) is 1. The van der Waals surface area contributed by atoms with Crippen molar-refractivity contribution in [3.8, 4) is 0 Å². The summed E-state index contributed by atoms with van der Waals surface area (Å²) in [5, 5.41) is 14.6. The van der Waals surface area contributed by atoms with E-state index in [-0.39, 0.29) is 12.6 Å². The van der Waals surface area contributed by atoms with Gasteiger partial charge in [0.15, 0.2) is 0 Å². The monoisotopic (exact) mass is 174 g/mol. The summed E-state index contributed by atoms with van der Waals surface area (Å²) in [5.74, 6) is 0.625. The fourth-order valence-corrected chi connectivity index (χ4v) is 0.677. The van der Waals surface area contributed by atoms with E-state index in [1.807, 2.05) is 20.9 Å². The van der Waals surface area contributed by atoms with E-state index in [1.54, 1.807) is 11.9 Å². The molecule has 0 aromatic rings. The lowest BCUT2D eigenvalue weighted by molar-refractivity contribution is 0.158. The van der Waals surface area contributed by atoms with Crippen LogP contribution in [0.5, 0.6) is 0 Å². The van der Waals surface area contributed by atoms with Crippen molar-refractivity contribution in [2.75, 3.05) is 20.3 Å². The number of aliphatic hydroxyl groups is 1. The molecule has 1 N–H and O–H groups in total. The van der Waals surface area contributed by atoms with Gasteiger partial charge in [-0.15, -0.1) is 5.10 Å². The third kappa shape index (κ3) is 4.18. The lowest BCUT2D eigenvalue weighted by Gasteiger charge is -2.19. The molecular weight excluding hydrogens is 156 g/mol. The van der Waals surface area contributed by atoms with E-state index >= 15 is 0 Å². The zero-order chi connectivity index (χ0) is 9.56. The Hall–Kier alpha value is -0.770. The highest BCUT2D eigenvalue weighted by molar-refractivity contribution is 5.72. The maximum absolute atomic E-state index is 8.80. The van der Waals surface area contributed by atoms with Crippen LogP contribution in [0.15, 0.2) is 5.10 Å². The molecule has 0 aromatic carbocycles. The summed E-state index contributed by atoms with van der Waals surface area (Å²) in [4.78, 5) is 0. The summed E-state index contributed by atoms with van der Waals surface area (Å²) in [6.45, 7) is 6.32. The summed E-state index contributed by atoms with van der Waals surface area (Å²) < 4.78 is 5.13. The molecule has 1 atom stereocenters. The zero-order valence-corrected chi connectivity index (χ0v) is 8.24. The Morgan fingerprint density at radius 1 is 1.67 bits per heavy atom. The second-order valence-corrected chi connectivity index (χ2v) is 2.66. The van der Waals surface area contributed by atoms with E-state index in [1.165, 1.54) is 0 Å². The molecule has 0 aliphatic rings.